The van der Waals surface area contributed by atoms with Crippen LogP contribution >= 0.6 is 0 Å². The van der Waals surface area contributed by atoms with Gasteiger partial charge < -0.3 is 5.11 Å². The molecule has 0 aliphatic rings. The fourth-order valence-corrected chi connectivity index (χ4v) is 0.250. The Morgan fingerprint density at radius 2 is 1.57 bits per heavy atom. The zero-order valence-corrected chi connectivity index (χ0v) is 5.32. The highest BCUT2D eigenvalue weighted by Crippen LogP contribution is 2.06. The number of hydrogen-bond acceptors (Lipinski definition) is 1. The van der Waals surface area contributed by atoms with Gasteiger partial charge in [0.1, 0.15) is 0 Å². The zero-order chi connectivity index (χ0) is 5.91. The van der Waals surface area contributed by atoms with E-state index in [1.54, 1.807) is 6.92 Å². The second kappa shape index (κ2) is 2.31. The lowest BCUT2D eigenvalue weighted by Gasteiger charge is -2.33. The van der Waals surface area contributed by atoms with E-state index in [4.69, 9.17) is 0 Å². The molecule has 0 amide bonds. The summed E-state index contributed by atoms with van der Waals surface area (Å²) in [5.41, 5.74) is -0.667. The van der Waals surface area contributed by atoms with Crippen molar-refractivity contribution in [3.05, 3.63) is 0 Å². The van der Waals surface area contributed by atoms with Crippen LogP contribution in [-0.4, -0.2) is 5.60 Å². The van der Waals surface area contributed by atoms with Gasteiger partial charge >= 0.3 is 0 Å². The monoisotopic (exact) mass is 101 g/mol. The Balaban J connectivity index is 3.36. The lowest BCUT2D eigenvalue weighted by atomic mass is 10.0. The van der Waals surface area contributed by atoms with Crippen LogP contribution < -0.4 is 5.11 Å². The third-order valence-electron chi connectivity index (χ3n) is 1.50. The van der Waals surface area contributed by atoms with Crippen molar-refractivity contribution in [2.45, 2.75) is 39.2 Å². The van der Waals surface area contributed by atoms with Crippen molar-refractivity contribution in [1.29, 1.82) is 0 Å². The van der Waals surface area contributed by atoms with Gasteiger partial charge in [0.25, 0.3) is 0 Å². The topological polar surface area (TPSA) is 23.1 Å². The molecule has 1 heteroatoms. The molecule has 0 spiro atoms. The lowest BCUT2D eigenvalue weighted by Crippen LogP contribution is -2.38. The Labute approximate surface area is 45.4 Å². The minimum atomic E-state index is -0.667. The molecule has 0 aromatic carbocycles. The molecule has 1 nitrogen and oxygen atoms in total. The first-order valence-electron chi connectivity index (χ1n) is 2.83. The van der Waals surface area contributed by atoms with Gasteiger partial charge in [-0.3, -0.25) is 0 Å². The molecule has 7 heavy (non-hydrogen) atoms. The fourth-order valence-electron chi connectivity index (χ4n) is 0.250. The molecule has 0 heterocycles. The first-order chi connectivity index (χ1) is 3.12. The SMILES string of the molecule is CCC(C)([O-])CC. The minimum Gasteiger partial charge on any atom is -0.850 e. The van der Waals surface area contributed by atoms with Crippen LogP contribution in [0.5, 0.6) is 0 Å². The molecule has 0 atom stereocenters. The normalized spacial score (nSPS) is 12.0. The van der Waals surface area contributed by atoms with Crippen molar-refractivity contribution in [2.24, 2.45) is 0 Å². The van der Waals surface area contributed by atoms with Crippen LogP contribution in [0.15, 0.2) is 0 Å². The minimum absolute atomic E-state index is 0.667. The van der Waals surface area contributed by atoms with E-state index >= 15 is 0 Å². The van der Waals surface area contributed by atoms with E-state index in [0.717, 1.165) is 12.8 Å². The molecule has 0 aliphatic heterocycles. The summed E-state index contributed by atoms with van der Waals surface area (Å²) < 4.78 is 0. The van der Waals surface area contributed by atoms with Gasteiger partial charge in [0, 0.05) is 0 Å². The molecule has 0 rings (SSSR count). The third kappa shape index (κ3) is 2.63. The standard InChI is InChI=1S/C6H13O/c1-4-6(3,7)5-2/h4-5H2,1-3H3/q-1. The molecule has 0 saturated heterocycles. The van der Waals surface area contributed by atoms with Crippen molar-refractivity contribution in [3.8, 4) is 0 Å². The quantitative estimate of drug-likeness (QED) is 0.507. The lowest BCUT2D eigenvalue weighted by molar-refractivity contribution is -0.473. The van der Waals surface area contributed by atoms with E-state index in [1.165, 1.54) is 0 Å². The summed E-state index contributed by atoms with van der Waals surface area (Å²) in [6.07, 6.45) is 1.48. The summed E-state index contributed by atoms with van der Waals surface area (Å²) in [6.45, 7) is 5.60. The van der Waals surface area contributed by atoms with Crippen LogP contribution in [0.3, 0.4) is 0 Å². The van der Waals surface area contributed by atoms with Crippen molar-refractivity contribution in [3.63, 3.8) is 0 Å². The highest BCUT2D eigenvalue weighted by Gasteiger charge is 1.99. The van der Waals surface area contributed by atoms with Gasteiger partial charge in [0.2, 0.25) is 0 Å². The molecule has 0 radical (unpaired) electrons. The van der Waals surface area contributed by atoms with Crippen LogP contribution in [0.1, 0.15) is 33.6 Å². The second-order valence-electron chi connectivity index (χ2n) is 2.16. The van der Waals surface area contributed by atoms with Crippen LogP contribution in [-0.2, 0) is 0 Å². The zero-order valence-electron chi connectivity index (χ0n) is 5.32. The summed E-state index contributed by atoms with van der Waals surface area (Å²) in [6, 6.07) is 0. The maximum atomic E-state index is 10.8. The first-order valence-corrected chi connectivity index (χ1v) is 2.83. The number of rotatable bonds is 2. The van der Waals surface area contributed by atoms with Gasteiger partial charge in [-0.15, -0.1) is 5.60 Å². The van der Waals surface area contributed by atoms with E-state index in [1.807, 2.05) is 13.8 Å². The summed E-state index contributed by atoms with van der Waals surface area (Å²) in [4.78, 5) is 0. The second-order valence-corrected chi connectivity index (χ2v) is 2.16. The van der Waals surface area contributed by atoms with E-state index in [-0.39, 0.29) is 0 Å². The molecule has 0 aromatic rings. The Bertz CT molecular complexity index is 42.1. The van der Waals surface area contributed by atoms with Crippen LogP contribution in [0.25, 0.3) is 0 Å². The highest BCUT2D eigenvalue weighted by atomic mass is 16.3. The van der Waals surface area contributed by atoms with Crippen LogP contribution in [0.2, 0.25) is 0 Å². The molecule has 44 valence electrons. The molecular formula is C6H13O-. The van der Waals surface area contributed by atoms with Gasteiger partial charge in [0.15, 0.2) is 0 Å². The van der Waals surface area contributed by atoms with Gasteiger partial charge in [-0.2, -0.15) is 0 Å². The van der Waals surface area contributed by atoms with Crippen molar-refractivity contribution < 1.29 is 5.11 Å². The predicted octanol–water partition coefficient (Wildman–Crippen LogP) is 0.925. The maximum absolute atomic E-state index is 10.8. The third-order valence-corrected chi connectivity index (χ3v) is 1.50. The predicted molar refractivity (Wildman–Crippen MR) is 29.0 cm³/mol. The van der Waals surface area contributed by atoms with Gasteiger partial charge in [-0.1, -0.05) is 33.6 Å². The fraction of sp³-hybridized carbons (Fsp3) is 1.00. The van der Waals surface area contributed by atoms with Crippen LogP contribution in [0, 0.1) is 0 Å². The van der Waals surface area contributed by atoms with Gasteiger partial charge in [0.05, 0.1) is 0 Å². The van der Waals surface area contributed by atoms with Crippen molar-refractivity contribution >= 4 is 0 Å². The Morgan fingerprint density at radius 1 is 1.29 bits per heavy atom. The van der Waals surface area contributed by atoms with Gasteiger partial charge in [-0.25, -0.2) is 0 Å². The summed E-state index contributed by atoms with van der Waals surface area (Å²) in [7, 11) is 0. The molecule has 0 aromatic heterocycles. The Morgan fingerprint density at radius 3 is 1.57 bits per heavy atom. The summed E-state index contributed by atoms with van der Waals surface area (Å²) >= 11 is 0. The van der Waals surface area contributed by atoms with E-state index in [9.17, 15) is 5.11 Å². The first kappa shape index (κ1) is 6.96. The number of hydrogen-bond donors (Lipinski definition) is 0. The summed E-state index contributed by atoms with van der Waals surface area (Å²) in [5, 5.41) is 10.8. The van der Waals surface area contributed by atoms with Crippen LogP contribution in [0.4, 0.5) is 0 Å². The molecule has 0 N–H and O–H groups in total. The molecule has 0 aliphatic carbocycles. The molecule has 0 unspecified atom stereocenters. The Kier molecular flexibility index (Phi) is 2.30. The van der Waals surface area contributed by atoms with E-state index in [0.29, 0.717) is 0 Å². The largest absolute Gasteiger partial charge is 0.850 e. The van der Waals surface area contributed by atoms with Gasteiger partial charge in [-0.05, 0) is 0 Å². The average molecular weight is 101 g/mol. The molecule has 0 fully saturated rings. The Hall–Kier alpha value is -0.0400. The highest BCUT2D eigenvalue weighted by molar-refractivity contribution is 4.63. The molecular weight excluding hydrogens is 88.1 g/mol. The summed E-state index contributed by atoms with van der Waals surface area (Å²) in [5.74, 6) is 0. The molecule has 0 bridgehead atoms. The molecule has 0 saturated carbocycles. The van der Waals surface area contributed by atoms with E-state index in [2.05, 4.69) is 0 Å². The van der Waals surface area contributed by atoms with Crippen molar-refractivity contribution in [1.82, 2.24) is 0 Å². The average Bonchev–Trinajstić information content (AvgIpc) is 1.68. The maximum Gasteiger partial charge on any atom is -0.0661 e. The van der Waals surface area contributed by atoms with E-state index < -0.39 is 5.60 Å². The smallest absolute Gasteiger partial charge is 0.0661 e. The van der Waals surface area contributed by atoms with Crippen molar-refractivity contribution in [2.75, 3.05) is 0 Å².